The van der Waals surface area contributed by atoms with Crippen molar-refractivity contribution in [3.63, 3.8) is 0 Å². The average Bonchev–Trinajstić information content (AvgIpc) is 2.79. The van der Waals surface area contributed by atoms with Crippen LogP contribution in [0.2, 0.25) is 0 Å². The highest BCUT2D eigenvalue weighted by Gasteiger charge is 2.33. The van der Waals surface area contributed by atoms with Gasteiger partial charge in [-0.15, -0.1) is 0 Å². The number of hydrogen-bond acceptors (Lipinski definition) is 2. The molecule has 2 N–H and O–H groups in total. The van der Waals surface area contributed by atoms with E-state index in [1.165, 1.54) is 5.56 Å². The van der Waals surface area contributed by atoms with Gasteiger partial charge in [0.2, 0.25) is 0 Å². The van der Waals surface area contributed by atoms with E-state index in [9.17, 15) is 10.2 Å². The van der Waals surface area contributed by atoms with E-state index >= 15 is 0 Å². The van der Waals surface area contributed by atoms with Crippen molar-refractivity contribution in [3.05, 3.63) is 42.0 Å². The molecule has 2 nitrogen and oxygen atoms in total. The molecule has 2 heteroatoms. The van der Waals surface area contributed by atoms with Gasteiger partial charge in [0.25, 0.3) is 0 Å². The molecule has 2 rings (SSSR count). The molecule has 0 heterocycles. The Morgan fingerprint density at radius 3 is 2.47 bits per heavy atom. The van der Waals surface area contributed by atoms with Crippen molar-refractivity contribution in [1.29, 1.82) is 0 Å². The maximum Gasteiger partial charge on any atom is 0.0468 e. The molecule has 1 aliphatic carbocycles. The SMILES string of the molecule is OC[C@@H]1CCC(/C=C\c2ccccc2)[C@@H]1CO. The predicted octanol–water partition coefficient (Wildman–Crippen LogP) is 2.33. The second-order valence-corrected chi connectivity index (χ2v) is 4.80. The molecule has 1 aliphatic rings. The normalized spacial score (nSPS) is 28.9. The van der Waals surface area contributed by atoms with E-state index < -0.39 is 0 Å². The quantitative estimate of drug-likeness (QED) is 0.836. The molecule has 0 spiro atoms. The van der Waals surface area contributed by atoms with Crippen molar-refractivity contribution in [2.75, 3.05) is 13.2 Å². The number of benzene rings is 1. The lowest BCUT2D eigenvalue weighted by molar-refractivity contribution is 0.128. The largest absolute Gasteiger partial charge is 0.396 e. The van der Waals surface area contributed by atoms with Crippen LogP contribution in [0.1, 0.15) is 18.4 Å². The third-order valence-corrected chi connectivity index (χ3v) is 3.81. The van der Waals surface area contributed by atoms with Crippen LogP contribution in [0.25, 0.3) is 6.08 Å². The zero-order chi connectivity index (χ0) is 12.1. The Bertz CT molecular complexity index is 358. The summed E-state index contributed by atoms with van der Waals surface area (Å²) < 4.78 is 0. The van der Waals surface area contributed by atoms with Crippen molar-refractivity contribution in [2.24, 2.45) is 17.8 Å². The van der Waals surface area contributed by atoms with E-state index in [2.05, 4.69) is 24.3 Å². The molecule has 1 aromatic rings. The average molecular weight is 232 g/mol. The van der Waals surface area contributed by atoms with Gasteiger partial charge in [-0.3, -0.25) is 0 Å². The topological polar surface area (TPSA) is 40.5 Å². The van der Waals surface area contributed by atoms with Crippen molar-refractivity contribution < 1.29 is 10.2 Å². The second-order valence-electron chi connectivity index (χ2n) is 4.80. The molecule has 1 aromatic carbocycles. The van der Waals surface area contributed by atoms with Crippen molar-refractivity contribution >= 4 is 6.08 Å². The van der Waals surface area contributed by atoms with Gasteiger partial charge >= 0.3 is 0 Å². The molecule has 0 aliphatic heterocycles. The first-order valence-corrected chi connectivity index (χ1v) is 6.30. The minimum absolute atomic E-state index is 0.176. The molecular formula is C15H20O2. The minimum atomic E-state index is 0.176. The van der Waals surface area contributed by atoms with Gasteiger partial charge in [-0.25, -0.2) is 0 Å². The Hall–Kier alpha value is -1.12. The van der Waals surface area contributed by atoms with E-state index in [4.69, 9.17) is 0 Å². The van der Waals surface area contributed by atoms with Gasteiger partial charge in [0.1, 0.15) is 0 Å². The van der Waals surface area contributed by atoms with Gasteiger partial charge in [-0.1, -0.05) is 42.5 Å². The summed E-state index contributed by atoms with van der Waals surface area (Å²) in [5.41, 5.74) is 1.19. The number of rotatable bonds is 4. The maximum atomic E-state index is 9.39. The highest BCUT2D eigenvalue weighted by molar-refractivity contribution is 5.49. The van der Waals surface area contributed by atoms with Gasteiger partial charge in [0, 0.05) is 13.2 Å². The van der Waals surface area contributed by atoms with Crippen LogP contribution in [0.15, 0.2) is 36.4 Å². The molecule has 0 bridgehead atoms. The predicted molar refractivity (Wildman–Crippen MR) is 69.4 cm³/mol. The zero-order valence-corrected chi connectivity index (χ0v) is 10.00. The number of allylic oxidation sites excluding steroid dienone is 1. The Kier molecular flexibility index (Phi) is 4.35. The van der Waals surface area contributed by atoms with Crippen molar-refractivity contribution in [2.45, 2.75) is 12.8 Å². The second kappa shape index (κ2) is 5.99. The maximum absolute atomic E-state index is 9.39. The summed E-state index contributed by atoms with van der Waals surface area (Å²) >= 11 is 0. The molecule has 0 aromatic heterocycles. The van der Waals surface area contributed by atoms with E-state index in [1.807, 2.05) is 18.2 Å². The Morgan fingerprint density at radius 2 is 1.82 bits per heavy atom. The molecule has 92 valence electrons. The lowest BCUT2D eigenvalue weighted by atomic mass is 9.90. The monoisotopic (exact) mass is 232 g/mol. The first-order chi connectivity index (χ1) is 8.35. The van der Waals surface area contributed by atoms with Gasteiger partial charge in [0.05, 0.1) is 0 Å². The molecule has 0 amide bonds. The van der Waals surface area contributed by atoms with E-state index in [0.717, 1.165) is 12.8 Å². The Labute approximate surface area is 103 Å². The lowest BCUT2D eigenvalue weighted by Crippen LogP contribution is -2.20. The summed E-state index contributed by atoms with van der Waals surface area (Å²) in [6.45, 7) is 0.371. The third-order valence-electron chi connectivity index (χ3n) is 3.81. The van der Waals surface area contributed by atoms with Crippen LogP contribution >= 0.6 is 0 Å². The summed E-state index contributed by atoms with van der Waals surface area (Å²) in [7, 11) is 0. The highest BCUT2D eigenvalue weighted by atomic mass is 16.3. The van der Waals surface area contributed by atoms with Crippen LogP contribution in [0, 0.1) is 17.8 Å². The van der Waals surface area contributed by atoms with Crippen LogP contribution in [0.3, 0.4) is 0 Å². The molecule has 1 fully saturated rings. The molecule has 0 radical (unpaired) electrons. The molecule has 1 saturated carbocycles. The summed E-state index contributed by atoms with van der Waals surface area (Å²) in [5, 5.41) is 18.6. The van der Waals surface area contributed by atoms with Crippen LogP contribution in [0.5, 0.6) is 0 Å². The summed E-state index contributed by atoms with van der Waals surface area (Å²) in [4.78, 5) is 0. The third kappa shape index (κ3) is 2.96. The Morgan fingerprint density at radius 1 is 1.06 bits per heavy atom. The van der Waals surface area contributed by atoms with Crippen LogP contribution in [-0.2, 0) is 0 Å². The highest BCUT2D eigenvalue weighted by Crippen LogP contribution is 2.37. The van der Waals surface area contributed by atoms with Crippen LogP contribution < -0.4 is 0 Å². The fraction of sp³-hybridized carbons (Fsp3) is 0.467. The molecular weight excluding hydrogens is 212 g/mol. The summed E-state index contributed by atoms with van der Waals surface area (Å²) in [6, 6.07) is 10.2. The van der Waals surface area contributed by atoms with E-state index in [-0.39, 0.29) is 25.0 Å². The number of aliphatic hydroxyl groups excluding tert-OH is 2. The number of hydrogen-bond donors (Lipinski definition) is 2. The van der Waals surface area contributed by atoms with Crippen LogP contribution in [0.4, 0.5) is 0 Å². The smallest absolute Gasteiger partial charge is 0.0468 e. The fourth-order valence-corrected chi connectivity index (χ4v) is 2.73. The first kappa shape index (κ1) is 12.3. The summed E-state index contributed by atoms with van der Waals surface area (Å²) in [6.07, 6.45) is 6.39. The fourth-order valence-electron chi connectivity index (χ4n) is 2.73. The molecule has 17 heavy (non-hydrogen) atoms. The van der Waals surface area contributed by atoms with E-state index in [0.29, 0.717) is 5.92 Å². The molecule has 3 atom stereocenters. The summed E-state index contributed by atoms with van der Waals surface area (Å²) in [5.74, 6) is 0.891. The first-order valence-electron chi connectivity index (χ1n) is 6.30. The molecule has 1 unspecified atom stereocenters. The van der Waals surface area contributed by atoms with Gasteiger partial charge in [-0.05, 0) is 36.2 Å². The number of aliphatic hydroxyl groups is 2. The van der Waals surface area contributed by atoms with Crippen LogP contribution in [-0.4, -0.2) is 23.4 Å². The molecule has 0 saturated heterocycles. The standard InChI is InChI=1S/C15H20O2/c16-10-14-9-8-13(15(14)11-17)7-6-12-4-2-1-3-5-12/h1-7,13-17H,8-11H2/b7-6-/t13?,14-,15-/m0/s1. The van der Waals surface area contributed by atoms with Crippen molar-refractivity contribution in [1.82, 2.24) is 0 Å². The van der Waals surface area contributed by atoms with Gasteiger partial charge in [-0.2, -0.15) is 0 Å². The van der Waals surface area contributed by atoms with Gasteiger partial charge < -0.3 is 10.2 Å². The lowest BCUT2D eigenvalue weighted by Gasteiger charge is -2.18. The van der Waals surface area contributed by atoms with Crippen molar-refractivity contribution in [3.8, 4) is 0 Å². The zero-order valence-electron chi connectivity index (χ0n) is 10.00. The minimum Gasteiger partial charge on any atom is -0.396 e. The van der Waals surface area contributed by atoms with Gasteiger partial charge in [0.15, 0.2) is 0 Å². The van der Waals surface area contributed by atoms with E-state index in [1.54, 1.807) is 0 Å². The Balaban J connectivity index is 2.02.